The summed E-state index contributed by atoms with van der Waals surface area (Å²) in [6.07, 6.45) is 1.89. The Bertz CT molecular complexity index is 909. The van der Waals surface area contributed by atoms with Gasteiger partial charge in [0.1, 0.15) is 5.00 Å². The van der Waals surface area contributed by atoms with Gasteiger partial charge < -0.3 is 15.0 Å². The van der Waals surface area contributed by atoms with Gasteiger partial charge in [-0.05, 0) is 36.9 Å². The van der Waals surface area contributed by atoms with E-state index in [2.05, 4.69) is 5.32 Å². The van der Waals surface area contributed by atoms with Gasteiger partial charge in [0.15, 0.2) is 0 Å². The van der Waals surface area contributed by atoms with Gasteiger partial charge in [-0.1, -0.05) is 11.6 Å². The molecule has 0 atom stereocenters. The van der Waals surface area contributed by atoms with Crippen LogP contribution in [0.25, 0.3) is 0 Å². The highest BCUT2D eigenvalue weighted by molar-refractivity contribution is 7.98. The van der Waals surface area contributed by atoms with Crippen LogP contribution in [0.15, 0.2) is 23.1 Å². The van der Waals surface area contributed by atoms with Crippen molar-refractivity contribution >= 4 is 57.5 Å². The Kier molecular flexibility index (Phi) is 6.91. The van der Waals surface area contributed by atoms with Crippen LogP contribution in [0.5, 0.6) is 0 Å². The Morgan fingerprint density at radius 3 is 2.48 bits per heavy atom. The largest absolute Gasteiger partial charge is 0.465 e. The summed E-state index contributed by atoms with van der Waals surface area (Å²) in [5.41, 5.74) is 0.911. The van der Waals surface area contributed by atoms with Crippen molar-refractivity contribution in [1.82, 2.24) is 4.90 Å². The number of hydrogen-bond acceptors (Lipinski definition) is 6. The van der Waals surface area contributed by atoms with E-state index in [1.54, 1.807) is 33.2 Å². The van der Waals surface area contributed by atoms with Gasteiger partial charge in [0, 0.05) is 19.0 Å². The number of ether oxygens (including phenoxy) is 1. The van der Waals surface area contributed by atoms with Crippen LogP contribution in [-0.2, 0) is 4.74 Å². The van der Waals surface area contributed by atoms with Crippen molar-refractivity contribution in [2.24, 2.45) is 0 Å². The molecule has 0 spiro atoms. The summed E-state index contributed by atoms with van der Waals surface area (Å²) in [4.78, 5) is 40.0. The lowest BCUT2D eigenvalue weighted by atomic mass is 10.1. The number of carbonyl (C=O) groups is 3. The lowest BCUT2D eigenvalue weighted by Gasteiger charge is -2.08. The zero-order valence-electron chi connectivity index (χ0n) is 15.5. The average molecular weight is 427 g/mol. The van der Waals surface area contributed by atoms with Gasteiger partial charge in [0.2, 0.25) is 0 Å². The molecule has 9 heteroatoms. The quantitative estimate of drug-likeness (QED) is 0.573. The van der Waals surface area contributed by atoms with E-state index in [0.29, 0.717) is 15.5 Å². The normalized spacial score (nSPS) is 10.4. The smallest absolute Gasteiger partial charge is 0.341 e. The molecule has 2 amide bonds. The summed E-state index contributed by atoms with van der Waals surface area (Å²) < 4.78 is 4.82. The number of esters is 1. The van der Waals surface area contributed by atoms with E-state index >= 15 is 0 Å². The van der Waals surface area contributed by atoms with Crippen LogP contribution in [0.1, 0.15) is 36.0 Å². The molecule has 0 unspecified atom stereocenters. The molecule has 2 aromatic rings. The number of nitrogens with one attached hydrogen (secondary N) is 1. The van der Waals surface area contributed by atoms with Crippen molar-refractivity contribution in [1.29, 1.82) is 0 Å². The number of methoxy groups -OCH3 is 1. The number of rotatable bonds is 5. The molecule has 0 aliphatic carbocycles. The lowest BCUT2D eigenvalue weighted by molar-refractivity contribution is 0.0601. The summed E-state index contributed by atoms with van der Waals surface area (Å²) in [6, 6.07) is 5.13. The third kappa shape index (κ3) is 4.45. The van der Waals surface area contributed by atoms with Crippen LogP contribution in [0.4, 0.5) is 5.00 Å². The number of thiophene rings is 1. The van der Waals surface area contributed by atoms with Crippen molar-refractivity contribution in [2.45, 2.75) is 11.8 Å². The number of thioether (sulfide) groups is 1. The Morgan fingerprint density at radius 2 is 1.93 bits per heavy atom. The zero-order chi connectivity index (χ0) is 20.3. The minimum atomic E-state index is -0.624. The van der Waals surface area contributed by atoms with E-state index in [1.807, 2.05) is 12.3 Å². The molecule has 0 aliphatic heterocycles. The van der Waals surface area contributed by atoms with Crippen LogP contribution in [-0.4, -0.2) is 50.1 Å². The third-order valence-corrected chi connectivity index (χ3v) is 6.03. The standard InChI is InChI=1S/C18H19ClN2O4S2/c1-9-13(18(24)25-4)16(27-14(9)17(23)21(2)3)20-15(22)11-8-10(26-5)6-7-12(11)19/h6-8H,1-5H3,(H,20,22). The Balaban J connectivity index is 2.49. The highest BCUT2D eigenvalue weighted by Gasteiger charge is 2.27. The van der Waals surface area contributed by atoms with Crippen LogP contribution in [0.3, 0.4) is 0 Å². The number of nitrogens with zero attached hydrogens (tertiary/aromatic N) is 1. The summed E-state index contributed by atoms with van der Waals surface area (Å²) >= 11 is 8.67. The lowest BCUT2D eigenvalue weighted by Crippen LogP contribution is -2.21. The number of anilines is 1. The van der Waals surface area contributed by atoms with Gasteiger partial charge in [-0.3, -0.25) is 9.59 Å². The number of amides is 2. The number of carbonyl (C=O) groups excluding carboxylic acids is 3. The second kappa shape index (κ2) is 8.77. The van der Waals surface area contributed by atoms with E-state index in [1.165, 1.54) is 23.8 Å². The SMILES string of the molecule is COC(=O)c1c(NC(=O)c2cc(SC)ccc2Cl)sc(C(=O)N(C)C)c1C. The molecule has 6 nitrogen and oxygen atoms in total. The molecule has 144 valence electrons. The first-order valence-electron chi connectivity index (χ1n) is 7.79. The first kappa shape index (κ1) is 21.3. The minimum absolute atomic E-state index is 0.165. The molecule has 1 aromatic heterocycles. The van der Waals surface area contributed by atoms with Gasteiger partial charge in [-0.15, -0.1) is 23.1 Å². The summed E-state index contributed by atoms with van der Waals surface area (Å²) in [6.45, 7) is 1.65. The maximum Gasteiger partial charge on any atom is 0.341 e. The second-order valence-corrected chi connectivity index (χ2v) is 8.06. The van der Waals surface area contributed by atoms with Gasteiger partial charge in [0.25, 0.3) is 11.8 Å². The maximum atomic E-state index is 12.7. The summed E-state index contributed by atoms with van der Waals surface area (Å²) in [7, 11) is 4.48. The minimum Gasteiger partial charge on any atom is -0.465 e. The fourth-order valence-electron chi connectivity index (χ4n) is 2.33. The molecule has 1 N–H and O–H groups in total. The van der Waals surface area contributed by atoms with Crippen molar-refractivity contribution in [2.75, 3.05) is 32.8 Å². The first-order chi connectivity index (χ1) is 12.7. The van der Waals surface area contributed by atoms with Gasteiger partial charge in [0.05, 0.1) is 28.1 Å². The highest BCUT2D eigenvalue weighted by Crippen LogP contribution is 2.35. The van der Waals surface area contributed by atoms with E-state index in [4.69, 9.17) is 16.3 Å². The molecular weight excluding hydrogens is 408 g/mol. The summed E-state index contributed by atoms with van der Waals surface area (Å²) in [5, 5.41) is 3.25. The average Bonchev–Trinajstić information content (AvgIpc) is 2.96. The predicted octanol–water partition coefficient (Wildman–Crippen LogP) is 4.17. The highest BCUT2D eigenvalue weighted by atomic mass is 35.5. The zero-order valence-corrected chi connectivity index (χ0v) is 17.9. The molecule has 0 aliphatic rings. The molecule has 0 saturated carbocycles. The predicted molar refractivity (Wildman–Crippen MR) is 110 cm³/mol. The molecule has 1 heterocycles. The second-order valence-electron chi connectivity index (χ2n) is 5.75. The van der Waals surface area contributed by atoms with E-state index < -0.39 is 11.9 Å². The fraction of sp³-hybridized carbons (Fsp3) is 0.278. The van der Waals surface area contributed by atoms with Gasteiger partial charge in [-0.25, -0.2) is 4.79 Å². The van der Waals surface area contributed by atoms with Crippen LogP contribution < -0.4 is 5.32 Å². The van der Waals surface area contributed by atoms with Gasteiger partial charge in [-0.2, -0.15) is 0 Å². The monoisotopic (exact) mass is 426 g/mol. The molecule has 1 aromatic carbocycles. The van der Waals surface area contributed by atoms with E-state index in [9.17, 15) is 14.4 Å². The molecule has 0 saturated heterocycles. The fourth-order valence-corrected chi connectivity index (χ4v) is 4.19. The van der Waals surface area contributed by atoms with Crippen molar-refractivity contribution in [3.63, 3.8) is 0 Å². The topological polar surface area (TPSA) is 75.7 Å². The van der Waals surface area contributed by atoms with Crippen molar-refractivity contribution in [3.05, 3.63) is 44.8 Å². The van der Waals surface area contributed by atoms with Crippen LogP contribution in [0, 0.1) is 6.92 Å². The van der Waals surface area contributed by atoms with Crippen molar-refractivity contribution < 1.29 is 19.1 Å². The maximum absolute atomic E-state index is 12.7. The molecule has 0 fully saturated rings. The van der Waals surface area contributed by atoms with Crippen LogP contribution >= 0.6 is 34.7 Å². The summed E-state index contributed by atoms with van der Waals surface area (Å²) in [5.74, 6) is -1.35. The van der Waals surface area contributed by atoms with Gasteiger partial charge >= 0.3 is 5.97 Å². The van der Waals surface area contributed by atoms with E-state index in [0.717, 1.165) is 16.2 Å². The molecule has 27 heavy (non-hydrogen) atoms. The first-order valence-corrected chi connectivity index (χ1v) is 10.2. The molecule has 0 bridgehead atoms. The number of hydrogen-bond donors (Lipinski definition) is 1. The molecule has 2 rings (SSSR count). The Hall–Kier alpha value is -2.03. The van der Waals surface area contributed by atoms with Crippen molar-refractivity contribution in [3.8, 4) is 0 Å². The van der Waals surface area contributed by atoms with Crippen LogP contribution in [0.2, 0.25) is 5.02 Å². The molecule has 0 radical (unpaired) electrons. The molecular formula is C18H19ClN2O4S2. The third-order valence-electron chi connectivity index (χ3n) is 3.78. The Labute approximate surface area is 170 Å². The Morgan fingerprint density at radius 1 is 1.26 bits per heavy atom. The number of benzene rings is 1. The number of halogens is 1. The van der Waals surface area contributed by atoms with E-state index in [-0.39, 0.29) is 22.0 Å².